The number of nitrogens with zero attached hydrogens (tertiary/aromatic N) is 1. The SMILES string of the molecule is CC(C(=O)O)n1c(-c2ccc(F)c(F)c2)c(C(=O)O)sc1=O. The number of carboxylic acids is 2. The Morgan fingerprint density at radius 3 is 2.36 bits per heavy atom. The fourth-order valence-corrected chi connectivity index (χ4v) is 2.83. The van der Waals surface area contributed by atoms with Crippen molar-refractivity contribution in [1.82, 2.24) is 4.57 Å². The second-order valence-corrected chi connectivity index (χ2v) is 5.33. The van der Waals surface area contributed by atoms with Crippen molar-refractivity contribution in [2.75, 3.05) is 0 Å². The van der Waals surface area contributed by atoms with Gasteiger partial charge in [0.25, 0.3) is 0 Å². The minimum absolute atomic E-state index is 0.0947. The number of aromatic carboxylic acids is 1. The molecule has 0 spiro atoms. The third-order valence-electron chi connectivity index (χ3n) is 2.97. The summed E-state index contributed by atoms with van der Waals surface area (Å²) in [5.41, 5.74) is -0.362. The molecule has 0 fully saturated rings. The summed E-state index contributed by atoms with van der Waals surface area (Å²) in [5, 5.41) is 18.2. The number of aliphatic carboxylic acids is 1. The highest BCUT2D eigenvalue weighted by atomic mass is 32.1. The lowest BCUT2D eigenvalue weighted by Gasteiger charge is -2.13. The number of hydrogen-bond acceptors (Lipinski definition) is 4. The monoisotopic (exact) mass is 329 g/mol. The predicted octanol–water partition coefficient (Wildman–Crippen LogP) is 2.20. The zero-order chi connectivity index (χ0) is 16.6. The van der Waals surface area contributed by atoms with Gasteiger partial charge in [-0.15, -0.1) is 0 Å². The van der Waals surface area contributed by atoms with E-state index in [4.69, 9.17) is 10.2 Å². The normalized spacial score (nSPS) is 12.1. The summed E-state index contributed by atoms with van der Waals surface area (Å²) in [6, 6.07) is 1.21. The molecule has 0 bridgehead atoms. The van der Waals surface area contributed by atoms with Crippen LogP contribution in [0.4, 0.5) is 8.78 Å². The van der Waals surface area contributed by atoms with Crippen molar-refractivity contribution in [3.05, 3.63) is 44.4 Å². The van der Waals surface area contributed by atoms with Gasteiger partial charge in [-0.2, -0.15) is 0 Å². The maximum atomic E-state index is 13.4. The van der Waals surface area contributed by atoms with Crippen molar-refractivity contribution >= 4 is 23.3 Å². The van der Waals surface area contributed by atoms with Gasteiger partial charge in [0.15, 0.2) is 11.6 Å². The topological polar surface area (TPSA) is 96.6 Å². The van der Waals surface area contributed by atoms with Gasteiger partial charge < -0.3 is 10.2 Å². The molecule has 1 atom stereocenters. The number of aromatic nitrogens is 1. The number of carbonyl (C=O) groups is 2. The largest absolute Gasteiger partial charge is 0.480 e. The fraction of sp³-hybridized carbons (Fsp3) is 0.154. The molecule has 1 aromatic heterocycles. The lowest BCUT2D eigenvalue weighted by Crippen LogP contribution is -2.25. The third kappa shape index (κ3) is 2.62. The Balaban J connectivity index is 2.81. The summed E-state index contributed by atoms with van der Waals surface area (Å²) in [4.78, 5) is 33.0. The van der Waals surface area contributed by atoms with E-state index in [2.05, 4.69) is 0 Å². The van der Waals surface area contributed by atoms with Crippen molar-refractivity contribution in [1.29, 1.82) is 0 Å². The number of benzene rings is 1. The second kappa shape index (κ2) is 5.68. The molecule has 2 rings (SSSR count). The van der Waals surface area contributed by atoms with Crippen LogP contribution in [-0.2, 0) is 4.79 Å². The fourth-order valence-electron chi connectivity index (χ4n) is 1.91. The van der Waals surface area contributed by atoms with E-state index >= 15 is 0 Å². The molecule has 0 amide bonds. The number of thiazole rings is 1. The minimum atomic E-state index is -1.46. The standard InChI is InChI=1S/C13H9F2NO5S/c1-5(11(17)18)16-9(10(12(19)20)22-13(16)21)6-2-3-7(14)8(15)4-6/h2-5H,1H3,(H,17,18)(H,19,20). The van der Waals surface area contributed by atoms with E-state index in [1.54, 1.807) is 0 Å². The summed E-state index contributed by atoms with van der Waals surface area (Å²) in [6.45, 7) is 1.19. The molecule has 0 aliphatic rings. The van der Waals surface area contributed by atoms with Gasteiger partial charge in [-0.1, -0.05) is 11.3 Å². The maximum absolute atomic E-state index is 13.4. The van der Waals surface area contributed by atoms with Crippen molar-refractivity contribution in [3.8, 4) is 11.3 Å². The van der Waals surface area contributed by atoms with E-state index in [1.165, 1.54) is 6.92 Å². The first kappa shape index (κ1) is 15.8. The Kier molecular flexibility index (Phi) is 4.09. The van der Waals surface area contributed by atoms with Gasteiger partial charge in [0.2, 0.25) is 0 Å². The van der Waals surface area contributed by atoms with Gasteiger partial charge in [0, 0.05) is 5.56 Å². The highest BCUT2D eigenvalue weighted by molar-refractivity contribution is 7.11. The molecule has 116 valence electrons. The van der Waals surface area contributed by atoms with Gasteiger partial charge >= 0.3 is 16.8 Å². The van der Waals surface area contributed by atoms with E-state index in [9.17, 15) is 23.2 Å². The maximum Gasteiger partial charge on any atom is 0.348 e. The lowest BCUT2D eigenvalue weighted by atomic mass is 10.1. The molecule has 0 radical (unpaired) electrons. The summed E-state index contributed by atoms with van der Waals surface area (Å²) in [5.74, 6) is -5.20. The van der Waals surface area contributed by atoms with Crippen LogP contribution < -0.4 is 4.87 Å². The Hall–Kier alpha value is -2.55. The van der Waals surface area contributed by atoms with Crippen LogP contribution in [0.15, 0.2) is 23.0 Å². The smallest absolute Gasteiger partial charge is 0.348 e. The zero-order valence-corrected chi connectivity index (χ0v) is 11.9. The molecule has 22 heavy (non-hydrogen) atoms. The molecule has 0 aliphatic heterocycles. The van der Waals surface area contributed by atoms with E-state index in [0.717, 1.165) is 16.7 Å². The first-order valence-electron chi connectivity index (χ1n) is 5.91. The average Bonchev–Trinajstić information content (AvgIpc) is 2.78. The molecular weight excluding hydrogens is 320 g/mol. The number of rotatable bonds is 4. The Morgan fingerprint density at radius 2 is 1.86 bits per heavy atom. The minimum Gasteiger partial charge on any atom is -0.480 e. The molecule has 1 aromatic carbocycles. The van der Waals surface area contributed by atoms with E-state index in [-0.39, 0.29) is 11.3 Å². The average molecular weight is 329 g/mol. The first-order valence-corrected chi connectivity index (χ1v) is 6.72. The van der Waals surface area contributed by atoms with Crippen LogP contribution in [0.1, 0.15) is 22.6 Å². The van der Waals surface area contributed by atoms with Crippen molar-refractivity contribution in [3.63, 3.8) is 0 Å². The summed E-state index contributed by atoms with van der Waals surface area (Å²) in [7, 11) is 0. The number of hydrogen-bond donors (Lipinski definition) is 2. The summed E-state index contributed by atoms with van der Waals surface area (Å²) in [6.07, 6.45) is 0. The van der Waals surface area contributed by atoms with E-state index in [0.29, 0.717) is 17.4 Å². The van der Waals surface area contributed by atoms with Gasteiger partial charge in [0.1, 0.15) is 10.9 Å². The highest BCUT2D eigenvalue weighted by Crippen LogP contribution is 2.29. The van der Waals surface area contributed by atoms with Crippen LogP contribution in [0.25, 0.3) is 11.3 Å². The summed E-state index contributed by atoms with van der Waals surface area (Å²) >= 11 is 0.328. The Bertz CT molecular complexity index is 826. The Labute approximate surface area is 125 Å². The van der Waals surface area contributed by atoms with Crippen LogP contribution >= 0.6 is 11.3 Å². The molecule has 2 N–H and O–H groups in total. The second-order valence-electron chi connectivity index (χ2n) is 4.36. The van der Waals surface area contributed by atoms with Gasteiger partial charge in [-0.25, -0.2) is 18.4 Å². The van der Waals surface area contributed by atoms with Gasteiger partial charge in [-0.3, -0.25) is 9.36 Å². The number of carboxylic acid groups (broad SMARTS) is 2. The molecule has 0 saturated heterocycles. The van der Waals surface area contributed by atoms with Crippen molar-refractivity contribution in [2.45, 2.75) is 13.0 Å². The molecule has 0 aliphatic carbocycles. The van der Waals surface area contributed by atoms with Crippen LogP contribution in [0.5, 0.6) is 0 Å². The molecule has 0 saturated carbocycles. The molecule has 9 heteroatoms. The zero-order valence-electron chi connectivity index (χ0n) is 11.0. The van der Waals surface area contributed by atoms with E-state index in [1.807, 2.05) is 0 Å². The molecule has 1 heterocycles. The third-order valence-corrected chi connectivity index (χ3v) is 3.92. The molecular formula is C13H9F2NO5S. The quantitative estimate of drug-likeness (QED) is 0.896. The van der Waals surface area contributed by atoms with Crippen LogP contribution in [0.3, 0.4) is 0 Å². The molecule has 2 aromatic rings. The molecule has 6 nitrogen and oxygen atoms in total. The van der Waals surface area contributed by atoms with Gasteiger partial charge in [-0.05, 0) is 25.1 Å². The van der Waals surface area contributed by atoms with Crippen molar-refractivity contribution in [2.24, 2.45) is 0 Å². The first-order chi connectivity index (χ1) is 10.2. The number of halogens is 2. The van der Waals surface area contributed by atoms with Crippen molar-refractivity contribution < 1.29 is 28.6 Å². The van der Waals surface area contributed by atoms with Crippen LogP contribution in [-0.4, -0.2) is 26.7 Å². The lowest BCUT2D eigenvalue weighted by molar-refractivity contribution is -0.140. The summed E-state index contributed by atoms with van der Waals surface area (Å²) < 4.78 is 27.1. The predicted molar refractivity (Wildman–Crippen MR) is 73.2 cm³/mol. The van der Waals surface area contributed by atoms with E-state index < -0.39 is 39.4 Å². The highest BCUT2D eigenvalue weighted by Gasteiger charge is 2.27. The Morgan fingerprint density at radius 1 is 1.23 bits per heavy atom. The van der Waals surface area contributed by atoms with Crippen LogP contribution in [0.2, 0.25) is 0 Å². The van der Waals surface area contributed by atoms with Crippen LogP contribution in [0, 0.1) is 11.6 Å². The van der Waals surface area contributed by atoms with Gasteiger partial charge in [0.05, 0.1) is 5.69 Å². The molecule has 1 unspecified atom stereocenters.